The molecular formula is C26H23N5O2S. The van der Waals surface area contributed by atoms with Crippen LogP contribution in [0.3, 0.4) is 0 Å². The van der Waals surface area contributed by atoms with Crippen LogP contribution in [0.4, 0.5) is 17.2 Å². The Hall–Kier alpha value is -4.17. The van der Waals surface area contributed by atoms with Crippen LogP contribution in [-0.2, 0) is 10.0 Å². The molecule has 34 heavy (non-hydrogen) atoms. The summed E-state index contributed by atoms with van der Waals surface area (Å²) in [6.07, 6.45) is 1.56. The molecule has 0 aliphatic heterocycles. The standard InChI is InChI=1S/C26H23N5O2S/c1-18-7-6-10-23-26(18)24(17-19(2)28-23)29-20-11-13-22(14-12-20)34(32,33)30-25-15-16-27-31(25)21-8-4-3-5-9-21/h3-17,30H,1-2H3,(H,28,29). The van der Waals surface area contributed by atoms with Gasteiger partial charge in [0.25, 0.3) is 10.0 Å². The number of sulfonamides is 1. The van der Waals surface area contributed by atoms with Gasteiger partial charge in [0.05, 0.1) is 28.0 Å². The minimum absolute atomic E-state index is 0.158. The number of rotatable bonds is 6. The number of aromatic nitrogens is 3. The third-order valence-electron chi connectivity index (χ3n) is 5.50. The molecule has 0 aliphatic rings. The zero-order chi connectivity index (χ0) is 23.7. The highest BCUT2D eigenvalue weighted by Gasteiger charge is 2.17. The zero-order valence-electron chi connectivity index (χ0n) is 18.7. The van der Waals surface area contributed by atoms with Gasteiger partial charge >= 0.3 is 0 Å². The van der Waals surface area contributed by atoms with Crippen molar-refractivity contribution in [3.05, 3.63) is 102 Å². The molecule has 0 spiro atoms. The molecule has 0 atom stereocenters. The van der Waals surface area contributed by atoms with Gasteiger partial charge in [0.15, 0.2) is 0 Å². The topological polar surface area (TPSA) is 88.9 Å². The van der Waals surface area contributed by atoms with Crippen LogP contribution in [0.15, 0.2) is 96.0 Å². The Bertz CT molecular complexity index is 1580. The summed E-state index contributed by atoms with van der Waals surface area (Å²) < 4.78 is 30.3. The molecule has 0 amide bonds. The van der Waals surface area contributed by atoms with Gasteiger partial charge in [-0.05, 0) is 67.9 Å². The van der Waals surface area contributed by atoms with Gasteiger partial charge in [-0.25, -0.2) is 13.1 Å². The molecule has 0 saturated heterocycles. The van der Waals surface area contributed by atoms with Gasteiger partial charge in [0.1, 0.15) is 5.82 Å². The van der Waals surface area contributed by atoms with Gasteiger partial charge in [-0.3, -0.25) is 9.71 Å². The molecule has 2 N–H and O–H groups in total. The van der Waals surface area contributed by atoms with E-state index in [9.17, 15) is 8.42 Å². The lowest BCUT2D eigenvalue weighted by atomic mass is 10.1. The first-order valence-electron chi connectivity index (χ1n) is 10.8. The molecule has 0 bridgehead atoms. The highest BCUT2D eigenvalue weighted by Crippen LogP contribution is 2.29. The number of anilines is 3. The van der Waals surface area contributed by atoms with Crippen LogP contribution in [-0.4, -0.2) is 23.2 Å². The average Bonchev–Trinajstić information content (AvgIpc) is 3.27. The van der Waals surface area contributed by atoms with E-state index < -0.39 is 10.0 Å². The number of hydrogen-bond acceptors (Lipinski definition) is 5. The first-order chi connectivity index (χ1) is 16.4. The largest absolute Gasteiger partial charge is 0.355 e. The molecule has 0 radical (unpaired) electrons. The Morgan fingerprint density at radius 1 is 0.853 bits per heavy atom. The van der Waals surface area contributed by atoms with E-state index in [0.29, 0.717) is 5.82 Å². The van der Waals surface area contributed by atoms with Gasteiger partial charge < -0.3 is 5.32 Å². The fourth-order valence-electron chi connectivity index (χ4n) is 3.92. The third-order valence-corrected chi connectivity index (χ3v) is 6.87. The van der Waals surface area contributed by atoms with Crippen molar-refractivity contribution < 1.29 is 8.42 Å². The van der Waals surface area contributed by atoms with Crippen LogP contribution in [0.1, 0.15) is 11.3 Å². The van der Waals surface area contributed by atoms with E-state index in [4.69, 9.17) is 0 Å². The Morgan fingerprint density at radius 2 is 1.62 bits per heavy atom. The van der Waals surface area contributed by atoms with Crippen molar-refractivity contribution in [3.63, 3.8) is 0 Å². The number of nitrogens with zero attached hydrogens (tertiary/aromatic N) is 3. The lowest BCUT2D eigenvalue weighted by Crippen LogP contribution is -2.16. The minimum atomic E-state index is -3.80. The van der Waals surface area contributed by atoms with Crippen molar-refractivity contribution >= 4 is 38.1 Å². The number of benzene rings is 3. The molecular weight excluding hydrogens is 446 g/mol. The Labute approximate surface area is 198 Å². The van der Waals surface area contributed by atoms with Crippen molar-refractivity contribution in [1.29, 1.82) is 0 Å². The lowest BCUT2D eigenvalue weighted by Gasteiger charge is -2.14. The Balaban J connectivity index is 1.40. The monoisotopic (exact) mass is 469 g/mol. The number of nitrogens with one attached hydrogen (secondary N) is 2. The SMILES string of the molecule is Cc1cc(Nc2ccc(S(=O)(=O)Nc3ccnn3-c3ccccc3)cc2)c2c(C)cccc2n1. The maximum Gasteiger partial charge on any atom is 0.263 e. The van der Waals surface area contributed by atoms with Crippen LogP contribution in [0.25, 0.3) is 16.6 Å². The number of aryl methyl sites for hydroxylation is 2. The fraction of sp³-hybridized carbons (Fsp3) is 0.0769. The molecule has 170 valence electrons. The quantitative estimate of drug-likeness (QED) is 0.339. The summed E-state index contributed by atoms with van der Waals surface area (Å²) in [6, 6.07) is 25.7. The van der Waals surface area contributed by atoms with Crippen LogP contribution in [0, 0.1) is 13.8 Å². The zero-order valence-corrected chi connectivity index (χ0v) is 19.5. The van der Waals surface area contributed by atoms with Crippen molar-refractivity contribution in [2.45, 2.75) is 18.7 Å². The maximum absolute atomic E-state index is 13.0. The van der Waals surface area contributed by atoms with Gasteiger partial charge in [0.2, 0.25) is 0 Å². The smallest absolute Gasteiger partial charge is 0.263 e. The second kappa shape index (κ2) is 8.64. The molecule has 0 fully saturated rings. The molecule has 0 unspecified atom stereocenters. The van der Waals surface area contributed by atoms with Gasteiger partial charge in [-0.1, -0.05) is 30.3 Å². The van der Waals surface area contributed by atoms with Gasteiger partial charge in [-0.2, -0.15) is 5.10 Å². The van der Waals surface area contributed by atoms with Crippen molar-refractivity contribution in [2.24, 2.45) is 0 Å². The molecule has 2 heterocycles. The molecule has 5 rings (SSSR count). The van der Waals surface area contributed by atoms with Crippen molar-refractivity contribution in [3.8, 4) is 5.69 Å². The van der Waals surface area contributed by atoms with E-state index in [1.165, 1.54) is 0 Å². The van der Waals surface area contributed by atoms with Gasteiger partial charge in [-0.15, -0.1) is 0 Å². The molecule has 7 nitrogen and oxygen atoms in total. The van der Waals surface area contributed by atoms with E-state index in [2.05, 4.69) is 20.1 Å². The fourth-order valence-corrected chi connectivity index (χ4v) is 4.96. The molecule has 5 aromatic rings. The summed E-state index contributed by atoms with van der Waals surface area (Å²) >= 11 is 0. The summed E-state index contributed by atoms with van der Waals surface area (Å²) in [7, 11) is -3.80. The van der Waals surface area contributed by atoms with E-state index in [0.717, 1.165) is 39.2 Å². The lowest BCUT2D eigenvalue weighted by molar-refractivity contribution is 0.600. The summed E-state index contributed by atoms with van der Waals surface area (Å²) in [4.78, 5) is 4.77. The van der Waals surface area contributed by atoms with Crippen LogP contribution in [0.5, 0.6) is 0 Å². The predicted molar refractivity (Wildman–Crippen MR) is 135 cm³/mol. The van der Waals surface area contributed by atoms with E-state index in [-0.39, 0.29) is 4.90 Å². The minimum Gasteiger partial charge on any atom is -0.355 e. The maximum atomic E-state index is 13.0. The molecule has 2 aromatic heterocycles. The summed E-state index contributed by atoms with van der Waals surface area (Å²) in [5, 5.41) is 8.70. The Morgan fingerprint density at radius 3 is 2.38 bits per heavy atom. The summed E-state index contributed by atoms with van der Waals surface area (Å²) in [5.74, 6) is 0.364. The average molecular weight is 470 g/mol. The first-order valence-corrected chi connectivity index (χ1v) is 12.3. The highest BCUT2D eigenvalue weighted by molar-refractivity contribution is 7.92. The normalized spacial score (nSPS) is 11.5. The number of para-hydroxylation sites is 1. The predicted octanol–water partition coefficient (Wildman–Crippen LogP) is 5.58. The molecule has 8 heteroatoms. The van der Waals surface area contributed by atoms with E-state index >= 15 is 0 Å². The highest BCUT2D eigenvalue weighted by atomic mass is 32.2. The molecule has 0 aliphatic carbocycles. The molecule has 3 aromatic carbocycles. The second-order valence-electron chi connectivity index (χ2n) is 8.00. The number of pyridine rings is 1. The van der Waals surface area contributed by atoms with Gasteiger partial charge in [0, 0.05) is 22.8 Å². The van der Waals surface area contributed by atoms with Crippen molar-refractivity contribution in [2.75, 3.05) is 10.0 Å². The number of hydrogen-bond donors (Lipinski definition) is 2. The molecule has 0 saturated carbocycles. The summed E-state index contributed by atoms with van der Waals surface area (Å²) in [5.41, 5.74) is 5.41. The van der Waals surface area contributed by atoms with E-state index in [1.54, 1.807) is 41.2 Å². The summed E-state index contributed by atoms with van der Waals surface area (Å²) in [6.45, 7) is 4.00. The van der Waals surface area contributed by atoms with Crippen LogP contribution in [0.2, 0.25) is 0 Å². The number of fused-ring (bicyclic) bond motifs is 1. The van der Waals surface area contributed by atoms with E-state index in [1.807, 2.05) is 68.4 Å². The Kier molecular flexibility index (Phi) is 5.51. The first kappa shape index (κ1) is 21.7. The van der Waals surface area contributed by atoms with Crippen LogP contribution >= 0.6 is 0 Å². The third kappa shape index (κ3) is 4.23. The van der Waals surface area contributed by atoms with Crippen LogP contribution < -0.4 is 10.0 Å². The van der Waals surface area contributed by atoms with Crippen molar-refractivity contribution in [1.82, 2.24) is 14.8 Å². The second-order valence-corrected chi connectivity index (χ2v) is 9.68.